The van der Waals surface area contributed by atoms with E-state index in [0.717, 1.165) is 19.6 Å². The third-order valence-corrected chi connectivity index (χ3v) is 7.49. The number of rotatable bonds is 8. The lowest BCUT2D eigenvalue weighted by atomic mass is 10.2. The maximum absolute atomic E-state index is 15.0. The summed E-state index contributed by atoms with van der Waals surface area (Å²) in [4.78, 5) is 26.8. The molecule has 2 heterocycles. The number of piperidine rings is 1. The van der Waals surface area contributed by atoms with E-state index in [0.29, 0.717) is 41.6 Å². The molecule has 7 nitrogen and oxygen atoms in total. The van der Waals surface area contributed by atoms with Gasteiger partial charge in [0.2, 0.25) is 5.91 Å². The molecule has 2 amide bonds. The van der Waals surface area contributed by atoms with E-state index in [1.54, 1.807) is 12.1 Å². The number of hydrogen-bond acceptors (Lipinski definition) is 6. The van der Waals surface area contributed by atoms with Crippen LogP contribution in [0.5, 0.6) is 0 Å². The number of cyclic esters (lactones) is 1. The Morgan fingerprint density at radius 1 is 1.15 bits per heavy atom. The Morgan fingerprint density at radius 2 is 1.91 bits per heavy atom. The second-order valence-corrected chi connectivity index (χ2v) is 9.67. The maximum atomic E-state index is 15.0. The Kier molecular flexibility index (Phi) is 6.16. The van der Waals surface area contributed by atoms with E-state index in [1.165, 1.54) is 35.4 Å². The Bertz CT molecular complexity index is 1030. The Balaban J connectivity index is 1.14. The number of hydrogen-bond donors (Lipinski definition) is 2. The molecule has 0 bridgehead atoms. The number of fused-ring (bicyclic) bond motifs is 1. The predicted octanol–water partition coefficient (Wildman–Crippen LogP) is 3.16. The van der Waals surface area contributed by atoms with E-state index in [2.05, 4.69) is 27.1 Å². The maximum Gasteiger partial charge on any atom is 0.414 e. The third kappa shape index (κ3) is 4.79. The highest BCUT2D eigenvalue weighted by Crippen LogP contribution is 2.47. The number of benzene rings is 2. The number of halogens is 1. The monoisotopic (exact) mass is 470 g/mol. The lowest BCUT2D eigenvalue weighted by Crippen LogP contribution is -2.31. The van der Waals surface area contributed by atoms with Crippen LogP contribution in [-0.4, -0.2) is 49.5 Å². The van der Waals surface area contributed by atoms with Crippen molar-refractivity contribution in [2.45, 2.75) is 25.6 Å². The molecule has 2 unspecified atom stereocenters. The highest BCUT2D eigenvalue weighted by molar-refractivity contribution is 7.97. The van der Waals surface area contributed by atoms with Crippen molar-refractivity contribution in [3.63, 3.8) is 0 Å². The first-order valence-corrected chi connectivity index (χ1v) is 12.2. The van der Waals surface area contributed by atoms with Gasteiger partial charge in [-0.3, -0.25) is 9.69 Å². The third-order valence-electron chi connectivity index (χ3n) is 6.52. The normalized spacial score (nSPS) is 25.7. The number of carbonyl (C=O) groups is 2. The number of anilines is 2. The first kappa shape index (κ1) is 22.0. The van der Waals surface area contributed by atoms with Gasteiger partial charge in [0.15, 0.2) is 0 Å². The van der Waals surface area contributed by atoms with Crippen molar-refractivity contribution in [1.29, 1.82) is 0 Å². The van der Waals surface area contributed by atoms with Crippen molar-refractivity contribution >= 4 is 35.3 Å². The lowest BCUT2D eigenvalue weighted by molar-refractivity contribution is -0.117. The van der Waals surface area contributed by atoms with Gasteiger partial charge in [0, 0.05) is 32.6 Å². The standard InChI is InChI=1S/C24H27FN4O3S/c1-15(30)27-33-14-18-11-29(24(31)32-18)17-7-8-22(21(25)9-17)28-12-19-20(13-28)23(19)26-10-16-5-3-2-4-6-16/h2-9,18-20,23,26H,10-14H2,1H3,(H,27,30)/t18-,19?,20?,23?/m0/s1. The second kappa shape index (κ2) is 9.23. The van der Waals surface area contributed by atoms with Crippen LogP contribution in [0.2, 0.25) is 0 Å². The lowest BCUT2D eigenvalue weighted by Gasteiger charge is -2.24. The van der Waals surface area contributed by atoms with Gasteiger partial charge in [-0.1, -0.05) is 30.3 Å². The van der Waals surface area contributed by atoms with Gasteiger partial charge >= 0.3 is 6.09 Å². The van der Waals surface area contributed by atoms with Gasteiger partial charge in [-0.2, -0.15) is 0 Å². The highest BCUT2D eigenvalue weighted by atomic mass is 32.2. The van der Waals surface area contributed by atoms with E-state index in [9.17, 15) is 14.0 Å². The van der Waals surface area contributed by atoms with Gasteiger partial charge in [-0.25, -0.2) is 9.18 Å². The SMILES string of the molecule is CC(=O)NSC[C@@H]1CN(c2ccc(N3CC4C(C3)C4NCc3ccccc3)c(F)c2)C(=O)O1. The van der Waals surface area contributed by atoms with Crippen LogP contribution >= 0.6 is 11.9 Å². The zero-order chi connectivity index (χ0) is 22.9. The fourth-order valence-electron chi connectivity index (χ4n) is 4.83. The van der Waals surface area contributed by atoms with Gasteiger partial charge < -0.3 is 19.7 Å². The van der Waals surface area contributed by atoms with Crippen LogP contribution in [0.15, 0.2) is 48.5 Å². The van der Waals surface area contributed by atoms with Gasteiger partial charge in [0.25, 0.3) is 0 Å². The minimum Gasteiger partial charge on any atom is -0.443 e. The number of carbonyl (C=O) groups excluding carboxylic acids is 2. The summed E-state index contributed by atoms with van der Waals surface area (Å²) in [6.07, 6.45) is -0.853. The number of ether oxygens (including phenoxy) is 1. The highest BCUT2D eigenvalue weighted by Gasteiger charge is 2.55. The molecule has 0 aromatic heterocycles. The summed E-state index contributed by atoms with van der Waals surface area (Å²) in [6.45, 7) is 4.28. The van der Waals surface area contributed by atoms with E-state index < -0.39 is 6.09 Å². The quantitative estimate of drug-likeness (QED) is 0.578. The topological polar surface area (TPSA) is 73.9 Å². The van der Waals surface area contributed by atoms with Gasteiger partial charge in [-0.05, 0) is 47.5 Å². The van der Waals surface area contributed by atoms with Crippen LogP contribution in [0.1, 0.15) is 12.5 Å². The fourth-order valence-corrected chi connectivity index (χ4v) is 5.48. The van der Waals surface area contributed by atoms with Crippen molar-refractivity contribution in [2.24, 2.45) is 11.8 Å². The molecule has 174 valence electrons. The summed E-state index contributed by atoms with van der Waals surface area (Å²) in [7, 11) is 0. The summed E-state index contributed by atoms with van der Waals surface area (Å²) >= 11 is 1.20. The molecule has 2 aliphatic heterocycles. The van der Waals surface area contributed by atoms with Crippen LogP contribution < -0.4 is 19.8 Å². The van der Waals surface area contributed by atoms with Crippen molar-refractivity contribution in [3.05, 3.63) is 59.9 Å². The Hall–Kier alpha value is -2.78. The summed E-state index contributed by atoms with van der Waals surface area (Å²) in [5.41, 5.74) is 2.34. The molecular formula is C24H27FN4O3S. The van der Waals surface area contributed by atoms with Crippen molar-refractivity contribution in [1.82, 2.24) is 10.0 Å². The van der Waals surface area contributed by atoms with Crippen LogP contribution in [-0.2, 0) is 16.1 Å². The summed E-state index contributed by atoms with van der Waals surface area (Å²) in [5, 5.41) is 3.63. The largest absolute Gasteiger partial charge is 0.443 e. The molecule has 2 aromatic carbocycles. The molecule has 2 aromatic rings. The summed E-state index contributed by atoms with van der Waals surface area (Å²) in [5.74, 6) is 1.05. The molecule has 0 radical (unpaired) electrons. The zero-order valence-corrected chi connectivity index (χ0v) is 19.2. The Labute approximate surface area is 196 Å². The number of amides is 2. The molecule has 1 saturated carbocycles. The molecule has 3 atom stereocenters. The minimum absolute atomic E-state index is 0.156. The van der Waals surface area contributed by atoms with Gasteiger partial charge in [-0.15, -0.1) is 0 Å². The van der Waals surface area contributed by atoms with Crippen LogP contribution in [0.25, 0.3) is 0 Å². The van der Waals surface area contributed by atoms with E-state index in [-0.39, 0.29) is 17.8 Å². The molecule has 2 saturated heterocycles. The van der Waals surface area contributed by atoms with E-state index in [4.69, 9.17) is 4.74 Å². The molecular weight excluding hydrogens is 443 g/mol. The molecule has 0 spiro atoms. The van der Waals surface area contributed by atoms with Crippen molar-refractivity contribution in [2.75, 3.05) is 35.2 Å². The van der Waals surface area contributed by atoms with Crippen LogP contribution in [0.4, 0.5) is 20.6 Å². The predicted molar refractivity (Wildman–Crippen MR) is 127 cm³/mol. The smallest absolute Gasteiger partial charge is 0.414 e. The minimum atomic E-state index is -0.495. The van der Waals surface area contributed by atoms with Gasteiger partial charge in [0.05, 0.1) is 23.7 Å². The van der Waals surface area contributed by atoms with Crippen molar-refractivity contribution < 1.29 is 18.7 Å². The fraction of sp³-hybridized carbons (Fsp3) is 0.417. The number of nitrogens with zero attached hydrogens (tertiary/aromatic N) is 2. The summed E-state index contributed by atoms with van der Waals surface area (Å²) in [6, 6.07) is 15.8. The molecule has 1 aliphatic carbocycles. The zero-order valence-electron chi connectivity index (χ0n) is 18.4. The molecule has 9 heteroatoms. The van der Waals surface area contributed by atoms with Crippen LogP contribution in [0, 0.1) is 17.7 Å². The Morgan fingerprint density at radius 3 is 2.61 bits per heavy atom. The number of nitrogens with one attached hydrogen (secondary N) is 2. The summed E-state index contributed by atoms with van der Waals surface area (Å²) < 4.78 is 22.9. The average molecular weight is 471 g/mol. The van der Waals surface area contributed by atoms with Crippen LogP contribution in [0.3, 0.4) is 0 Å². The molecule has 3 fully saturated rings. The molecule has 33 heavy (non-hydrogen) atoms. The van der Waals surface area contributed by atoms with E-state index in [1.807, 2.05) is 18.2 Å². The molecule has 2 N–H and O–H groups in total. The molecule has 5 rings (SSSR count). The first-order chi connectivity index (χ1) is 16.0. The molecule has 3 aliphatic rings. The van der Waals surface area contributed by atoms with Crippen molar-refractivity contribution in [3.8, 4) is 0 Å². The first-order valence-electron chi connectivity index (χ1n) is 11.2. The average Bonchev–Trinajstić information content (AvgIpc) is 3.09. The van der Waals surface area contributed by atoms with Gasteiger partial charge in [0.1, 0.15) is 11.9 Å². The second-order valence-electron chi connectivity index (χ2n) is 8.85. The van der Waals surface area contributed by atoms with E-state index >= 15 is 0 Å².